The lowest BCUT2D eigenvalue weighted by atomic mass is 10.1. The average Bonchev–Trinajstić information content (AvgIpc) is 3.65. The number of fused-ring (bicyclic) bond motifs is 2. The molecule has 1 aromatic carbocycles. The highest BCUT2D eigenvalue weighted by atomic mass is 32.2. The van der Waals surface area contributed by atoms with Gasteiger partial charge in [0.05, 0.1) is 13.4 Å². The number of carbonyl (C=O) groups is 1. The van der Waals surface area contributed by atoms with Crippen LogP contribution in [0.15, 0.2) is 41.2 Å². The Morgan fingerprint density at radius 1 is 1.17 bits per heavy atom. The van der Waals surface area contributed by atoms with Crippen LogP contribution in [0.4, 0.5) is 10.7 Å². The number of ether oxygens (including phenoxy) is 3. The van der Waals surface area contributed by atoms with Crippen LogP contribution in [-0.4, -0.2) is 77.9 Å². The summed E-state index contributed by atoms with van der Waals surface area (Å²) in [5, 5.41) is 5.51. The number of primary sulfonamides is 1. The molecule has 0 radical (unpaired) electrons. The van der Waals surface area contributed by atoms with Crippen LogP contribution in [0.3, 0.4) is 0 Å². The zero-order chi connectivity index (χ0) is 29.8. The second kappa shape index (κ2) is 10.5. The number of benzene rings is 1. The van der Waals surface area contributed by atoms with Gasteiger partial charge in [0.2, 0.25) is 16.0 Å². The van der Waals surface area contributed by atoms with Crippen molar-refractivity contribution in [1.29, 1.82) is 0 Å². The highest BCUT2D eigenvalue weighted by Crippen LogP contribution is 2.37. The van der Waals surface area contributed by atoms with Crippen LogP contribution in [0.5, 0.6) is 5.75 Å². The molecular weight excluding hydrogens is 562 g/mol. The first-order valence-corrected chi connectivity index (χ1v) is 15.5. The summed E-state index contributed by atoms with van der Waals surface area (Å²) in [6.45, 7) is 7.80. The standard InChI is InChI=1S/C28H35N7O6S/c1-28(2,3)41-27(36)34-14-18-12-33(13-19(18)15-34)26-31-23(17-8-9-20(39-4)21(11-17)42(29,37)38)24-25(32-26)35(16-30-24)22-7-5-6-10-40-22/h8-9,11-12,16,19,22H,5-7,10,13-15H2,1-4H3,(H2,29,37,38). The number of imidazole rings is 1. The number of aromatic nitrogens is 4. The van der Waals surface area contributed by atoms with Crippen molar-refractivity contribution in [3.63, 3.8) is 0 Å². The summed E-state index contributed by atoms with van der Waals surface area (Å²) in [4.78, 5) is 30.7. The van der Waals surface area contributed by atoms with Crippen molar-refractivity contribution < 1.29 is 27.4 Å². The first kappa shape index (κ1) is 28.4. The van der Waals surface area contributed by atoms with Crippen LogP contribution in [0, 0.1) is 5.92 Å². The van der Waals surface area contributed by atoms with Gasteiger partial charge in [-0.3, -0.25) is 4.57 Å². The quantitative estimate of drug-likeness (QED) is 0.462. The normalized spacial score (nSPS) is 21.0. The molecule has 0 bridgehead atoms. The molecule has 3 aromatic rings. The number of likely N-dealkylation sites (tertiary alicyclic amines) is 1. The van der Waals surface area contributed by atoms with Gasteiger partial charge in [0.25, 0.3) is 0 Å². The van der Waals surface area contributed by atoms with E-state index in [1.165, 1.54) is 13.2 Å². The van der Waals surface area contributed by atoms with Crippen LogP contribution in [0.1, 0.15) is 46.3 Å². The predicted molar refractivity (Wildman–Crippen MR) is 154 cm³/mol. The number of rotatable bonds is 5. The van der Waals surface area contributed by atoms with Crippen LogP contribution in [0.2, 0.25) is 0 Å². The number of nitrogens with zero attached hydrogens (tertiary/aromatic N) is 6. The van der Waals surface area contributed by atoms with E-state index in [-0.39, 0.29) is 28.9 Å². The molecule has 5 heterocycles. The Bertz CT molecular complexity index is 1670. The van der Waals surface area contributed by atoms with Gasteiger partial charge in [0, 0.05) is 43.9 Å². The summed E-state index contributed by atoms with van der Waals surface area (Å²) >= 11 is 0. The number of amides is 1. The van der Waals surface area contributed by atoms with Crippen LogP contribution in [-0.2, 0) is 19.5 Å². The van der Waals surface area contributed by atoms with Gasteiger partial charge >= 0.3 is 6.09 Å². The van der Waals surface area contributed by atoms with E-state index >= 15 is 0 Å². The molecular formula is C28H35N7O6S. The Morgan fingerprint density at radius 3 is 2.64 bits per heavy atom. The number of carbonyl (C=O) groups excluding carboxylic acids is 1. The summed E-state index contributed by atoms with van der Waals surface area (Å²) in [6.07, 6.45) is 6.00. The van der Waals surface area contributed by atoms with E-state index < -0.39 is 15.6 Å². The fourth-order valence-corrected chi connectivity index (χ4v) is 6.37. The van der Waals surface area contributed by atoms with E-state index in [0.717, 1.165) is 24.8 Å². The third-order valence-electron chi connectivity index (χ3n) is 7.61. The topological polar surface area (TPSA) is 155 Å². The highest BCUT2D eigenvalue weighted by Gasteiger charge is 2.38. The second-order valence-electron chi connectivity index (χ2n) is 11.8. The number of nitrogens with two attached hydrogens (primary N) is 1. The molecule has 0 saturated carbocycles. The fourth-order valence-electron chi connectivity index (χ4n) is 5.65. The molecule has 2 fully saturated rings. The minimum absolute atomic E-state index is 0.113. The number of anilines is 1. The minimum atomic E-state index is -4.08. The van der Waals surface area contributed by atoms with E-state index in [1.807, 2.05) is 36.4 Å². The third-order valence-corrected chi connectivity index (χ3v) is 8.54. The Morgan fingerprint density at radius 2 is 1.98 bits per heavy atom. The lowest BCUT2D eigenvalue weighted by molar-refractivity contribution is -0.0298. The second-order valence-corrected chi connectivity index (χ2v) is 13.4. The summed E-state index contributed by atoms with van der Waals surface area (Å²) < 4.78 is 43.5. The fraction of sp³-hybridized carbons (Fsp3) is 0.500. The van der Waals surface area contributed by atoms with Gasteiger partial charge in [-0.05, 0) is 63.8 Å². The summed E-state index contributed by atoms with van der Waals surface area (Å²) in [5.41, 5.74) is 2.60. The van der Waals surface area contributed by atoms with Crippen LogP contribution >= 0.6 is 0 Å². The molecule has 2 N–H and O–H groups in total. The van der Waals surface area contributed by atoms with Gasteiger partial charge in [0.15, 0.2) is 5.65 Å². The SMILES string of the molecule is COc1ccc(-c2nc(N3C=C4CN(C(=O)OC(C)(C)C)CC4C3)nc3c2ncn3C2CCCCO2)cc1S(N)(=O)=O. The Labute approximate surface area is 244 Å². The smallest absolute Gasteiger partial charge is 0.410 e. The van der Waals surface area contributed by atoms with E-state index in [9.17, 15) is 13.2 Å². The molecule has 0 aliphatic carbocycles. The first-order valence-electron chi connectivity index (χ1n) is 13.9. The van der Waals surface area contributed by atoms with E-state index in [1.54, 1.807) is 23.4 Å². The molecule has 2 saturated heterocycles. The maximum absolute atomic E-state index is 12.6. The van der Waals surface area contributed by atoms with Crippen LogP contribution < -0.4 is 14.8 Å². The summed E-state index contributed by atoms with van der Waals surface area (Å²) in [6, 6.07) is 4.73. The Kier molecular flexibility index (Phi) is 7.10. The predicted octanol–water partition coefficient (Wildman–Crippen LogP) is 3.42. The number of hydrogen-bond acceptors (Lipinski definition) is 10. The van der Waals surface area contributed by atoms with Gasteiger partial charge in [-0.15, -0.1) is 0 Å². The van der Waals surface area contributed by atoms with Crippen molar-refractivity contribution in [2.75, 3.05) is 38.3 Å². The van der Waals surface area contributed by atoms with Crippen molar-refractivity contribution in [3.05, 3.63) is 36.3 Å². The Hall–Kier alpha value is -3.75. The molecule has 6 rings (SSSR count). The van der Waals surface area contributed by atoms with Crippen molar-refractivity contribution in [3.8, 4) is 17.0 Å². The first-order chi connectivity index (χ1) is 19.9. The summed E-state index contributed by atoms with van der Waals surface area (Å²) in [5.74, 6) is 0.690. The molecule has 13 nitrogen and oxygen atoms in total. The van der Waals surface area contributed by atoms with Gasteiger partial charge in [-0.25, -0.2) is 28.3 Å². The molecule has 0 spiro atoms. The maximum Gasteiger partial charge on any atom is 0.410 e. The molecule has 42 heavy (non-hydrogen) atoms. The molecule has 2 atom stereocenters. The molecule has 3 aliphatic heterocycles. The van der Waals surface area contributed by atoms with Crippen molar-refractivity contribution >= 4 is 33.2 Å². The monoisotopic (exact) mass is 597 g/mol. The number of hydrogen-bond donors (Lipinski definition) is 1. The Balaban J connectivity index is 1.41. The maximum atomic E-state index is 12.6. The molecule has 2 aromatic heterocycles. The van der Waals surface area contributed by atoms with Gasteiger partial charge in [-0.1, -0.05) is 0 Å². The molecule has 1 amide bonds. The zero-order valence-corrected chi connectivity index (χ0v) is 24.9. The lowest BCUT2D eigenvalue weighted by Crippen LogP contribution is -2.36. The van der Waals surface area contributed by atoms with Crippen LogP contribution in [0.25, 0.3) is 22.4 Å². The minimum Gasteiger partial charge on any atom is -0.495 e. The van der Waals surface area contributed by atoms with Crippen molar-refractivity contribution in [2.45, 2.75) is 56.8 Å². The van der Waals surface area contributed by atoms with Gasteiger partial charge in [-0.2, -0.15) is 4.98 Å². The number of methoxy groups -OCH3 is 1. The highest BCUT2D eigenvalue weighted by molar-refractivity contribution is 7.89. The van der Waals surface area contributed by atoms with Crippen molar-refractivity contribution in [2.24, 2.45) is 11.1 Å². The largest absolute Gasteiger partial charge is 0.495 e. The third kappa shape index (κ3) is 5.41. The molecule has 224 valence electrons. The van der Waals surface area contributed by atoms with Crippen molar-refractivity contribution in [1.82, 2.24) is 24.4 Å². The van der Waals surface area contributed by atoms with E-state index in [4.69, 9.17) is 29.3 Å². The van der Waals surface area contributed by atoms with Gasteiger partial charge < -0.3 is 24.0 Å². The summed E-state index contributed by atoms with van der Waals surface area (Å²) in [7, 11) is -2.69. The van der Waals surface area contributed by atoms with E-state index in [2.05, 4.69) is 4.98 Å². The molecule has 14 heteroatoms. The van der Waals surface area contributed by atoms with E-state index in [0.29, 0.717) is 54.6 Å². The number of sulfonamides is 1. The molecule has 3 aliphatic rings. The van der Waals surface area contributed by atoms with Gasteiger partial charge in [0.1, 0.15) is 33.7 Å². The molecule has 2 unspecified atom stereocenters. The average molecular weight is 598 g/mol. The lowest BCUT2D eigenvalue weighted by Gasteiger charge is -2.25. The zero-order valence-electron chi connectivity index (χ0n) is 24.1.